The molecule has 0 radical (unpaired) electrons. The summed E-state index contributed by atoms with van der Waals surface area (Å²) in [7, 11) is 0. The number of esters is 1. The van der Waals surface area contributed by atoms with Crippen LogP contribution in [0.1, 0.15) is 74.5 Å². The zero-order valence-electron chi connectivity index (χ0n) is 17.7. The molecule has 3 rings (SSSR count). The predicted molar refractivity (Wildman–Crippen MR) is 116 cm³/mol. The first kappa shape index (κ1) is 22.0. The first-order chi connectivity index (χ1) is 14.6. The Morgan fingerprint density at radius 2 is 1.97 bits per heavy atom. The number of hydrogen-bond donors (Lipinski definition) is 1. The molecule has 0 unspecified atom stereocenters. The lowest BCUT2D eigenvalue weighted by Crippen LogP contribution is -2.29. The van der Waals surface area contributed by atoms with Crippen molar-refractivity contribution in [3.05, 3.63) is 39.9 Å². The molecule has 0 atom stereocenters. The van der Waals surface area contributed by atoms with Crippen molar-refractivity contribution in [2.24, 2.45) is 0 Å². The van der Waals surface area contributed by atoms with Gasteiger partial charge in [-0.05, 0) is 37.5 Å². The molecule has 1 aliphatic heterocycles. The first-order valence-electron chi connectivity index (χ1n) is 11.1. The number of aryl methyl sites for hydroxylation is 1. The Balaban J connectivity index is 1.64. The van der Waals surface area contributed by atoms with Gasteiger partial charge in [0.1, 0.15) is 5.82 Å². The predicted octanol–water partition coefficient (Wildman–Crippen LogP) is 3.37. The molecule has 1 aliphatic rings. The number of aromatic nitrogens is 2. The van der Waals surface area contributed by atoms with E-state index in [0.717, 1.165) is 63.6 Å². The zero-order chi connectivity index (χ0) is 21.3. The molecule has 2 heterocycles. The van der Waals surface area contributed by atoms with Crippen LogP contribution in [0.5, 0.6) is 0 Å². The van der Waals surface area contributed by atoms with E-state index in [9.17, 15) is 14.4 Å². The molecule has 0 spiro atoms. The molecule has 7 heteroatoms. The van der Waals surface area contributed by atoms with E-state index in [1.165, 1.54) is 0 Å². The maximum absolute atomic E-state index is 12.9. The number of ether oxygens (including phenoxy) is 1. The van der Waals surface area contributed by atoms with Crippen molar-refractivity contribution in [3.63, 3.8) is 0 Å². The number of amides is 1. The normalized spacial score (nSPS) is 13.9. The third-order valence-electron chi connectivity index (χ3n) is 5.49. The molecular weight excluding hydrogens is 382 g/mol. The van der Waals surface area contributed by atoms with Gasteiger partial charge in [0.25, 0.3) is 11.5 Å². The monoisotopic (exact) mass is 413 g/mol. The van der Waals surface area contributed by atoms with Gasteiger partial charge < -0.3 is 10.1 Å². The average molecular weight is 414 g/mol. The maximum Gasteiger partial charge on any atom is 0.338 e. The van der Waals surface area contributed by atoms with Gasteiger partial charge >= 0.3 is 5.97 Å². The second-order valence-corrected chi connectivity index (χ2v) is 7.87. The third-order valence-corrected chi connectivity index (χ3v) is 5.49. The number of benzene rings is 1. The van der Waals surface area contributed by atoms with Crippen molar-refractivity contribution in [2.75, 3.05) is 13.2 Å². The summed E-state index contributed by atoms with van der Waals surface area (Å²) in [6.45, 7) is 3.10. The molecule has 0 saturated heterocycles. The summed E-state index contributed by atoms with van der Waals surface area (Å²) >= 11 is 0. The number of nitrogens with zero attached hydrogens (tertiary/aromatic N) is 2. The van der Waals surface area contributed by atoms with Crippen LogP contribution < -0.4 is 10.9 Å². The van der Waals surface area contributed by atoms with E-state index in [1.54, 1.807) is 22.8 Å². The van der Waals surface area contributed by atoms with Crippen LogP contribution in [0, 0.1) is 0 Å². The summed E-state index contributed by atoms with van der Waals surface area (Å²) < 4.78 is 6.90. The van der Waals surface area contributed by atoms with E-state index in [-0.39, 0.29) is 18.1 Å². The third kappa shape index (κ3) is 5.68. The Hall–Kier alpha value is -2.70. The first-order valence-corrected chi connectivity index (χ1v) is 11.1. The van der Waals surface area contributed by atoms with E-state index >= 15 is 0 Å². The summed E-state index contributed by atoms with van der Waals surface area (Å²) in [6, 6.07) is 4.77. The van der Waals surface area contributed by atoms with Gasteiger partial charge in [0.15, 0.2) is 6.61 Å². The Bertz CT molecular complexity index is 951. The number of fused-ring (bicyclic) bond motifs is 2. The number of hydrogen-bond acceptors (Lipinski definition) is 5. The fourth-order valence-corrected chi connectivity index (χ4v) is 3.77. The number of nitrogens with one attached hydrogen (secondary N) is 1. The highest BCUT2D eigenvalue weighted by atomic mass is 16.5. The second kappa shape index (κ2) is 10.9. The molecule has 30 heavy (non-hydrogen) atoms. The molecule has 1 aromatic heterocycles. The lowest BCUT2D eigenvalue weighted by Gasteiger charge is -2.16. The zero-order valence-corrected chi connectivity index (χ0v) is 17.7. The van der Waals surface area contributed by atoms with E-state index in [0.29, 0.717) is 29.6 Å². The summed E-state index contributed by atoms with van der Waals surface area (Å²) in [5.41, 5.74) is 0.738. The van der Waals surface area contributed by atoms with Crippen molar-refractivity contribution in [1.82, 2.24) is 14.9 Å². The topological polar surface area (TPSA) is 90.3 Å². The minimum atomic E-state index is -0.591. The molecule has 1 N–H and O–H groups in total. The van der Waals surface area contributed by atoms with Gasteiger partial charge in [-0.25, -0.2) is 9.78 Å². The van der Waals surface area contributed by atoms with Crippen LogP contribution in [-0.4, -0.2) is 34.6 Å². The lowest BCUT2D eigenvalue weighted by molar-refractivity contribution is -0.124. The van der Waals surface area contributed by atoms with Crippen molar-refractivity contribution in [1.29, 1.82) is 0 Å². The summed E-state index contributed by atoms with van der Waals surface area (Å²) in [4.78, 5) is 41.7. The molecule has 2 aromatic rings. The lowest BCUT2D eigenvalue weighted by atomic mass is 10.1. The standard InChI is InChI=1S/C23H31N3O4/c1-2-3-4-8-13-24-21(27)16-30-23(29)17-11-12-18-19(15-17)25-20-10-7-5-6-9-14-26(20)22(18)28/h11-12,15H,2-10,13-14,16H2,1H3,(H,24,27). The van der Waals surface area contributed by atoms with Gasteiger partial charge in [-0.2, -0.15) is 0 Å². The van der Waals surface area contributed by atoms with Gasteiger partial charge in [0, 0.05) is 19.5 Å². The Labute approximate surface area is 176 Å². The van der Waals surface area contributed by atoms with Crippen LogP contribution in [-0.2, 0) is 22.5 Å². The summed E-state index contributed by atoms with van der Waals surface area (Å²) in [5, 5.41) is 3.26. The minimum absolute atomic E-state index is 0.0562. The molecule has 7 nitrogen and oxygen atoms in total. The van der Waals surface area contributed by atoms with Gasteiger partial charge in [0.05, 0.1) is 16.5 Å². The van der Waals surface area contributed by atoms with E-state index in [2.05, 4.69) is 17.2 Å². The molecule has 1 aromatic carbocycles. The Morgan fingerprint density at radius 1 is 1.13 bits per heavy atom. The van der Waals surface area contributed by atoms with Crippen molar-refractivity contribution in [2.45, 2.75) is 71.3 Å². The van der Waals surface area contributed by atoms with Crippen molar-refractivity contribution >= 4 is 22.8 Å². The van der Waals surface area contributed by atoms with Crippen molar-refractivity contribution in [3.8, 4) is 0 Å². The number of rotatable bonds is 8. The van der Waals surface area contributed by atoms with Crippen molar-refractivity contribution < 1.29 is 14.3 Å². The van der Waals surface area contributed by atoms with Gasteiger partial charge in [-0.15, -0.1) is 0 Å². The van der Waals surface area contributed by atoms with Gasteiger partial charge in [-0.1, -0.05) is 39.0 Å². The molecular formula is C23H31N3O4. The van der Waals surface area contributed by atoms with E-state index < -0.39 is 5.97 Å². The van der Waals surface area contributed by atoms with Crippen LogP contribution >= 0.6 is 0 Å². The molecule has 162 valence electrons. The number of carbonyl (C=O) groups excluding carboxylic acids is 2. The Morgan fingerprint density at radius 3 is 2.80 bits per heavy atom. The molecule has 1 amide bonds. The van der Waals surface area contributed by atoms with Crippen LogP contribution in [0.15, 0.2) is 23.0 Å². The summed E-state index contributed by atoms with van der Waals surface area (Å²) in [6.07, 6.45) is 9.29. The fraction of sp³-hybridized carbons (Fsp3) is 0.565. The summed E-state index contributed by atoms with van der Waals surface area (Å²) in [5.74, 6) is -0.120. The maximum atomic E-state index is 12.9. The smallest absolute Gasteiger partial charge is 0.338 e. The van der Waals surface area contributed by atoms with Crippen LogP contribution in [0.3, 0.4) is 0 Å². The SMILES string of the molecule is CCCCCCNC(=O)COC(=O)c1ccc2c(=O)n3c(nc2c1)CCCCCC3. The van der Waals surface area contributed by atoms with E-state index in [1.807, 2.05) is 0 Å². The highest BCUT2D eigenvalue weighted by molar-refractivity contribution is 5.95. The minimum Gasteiger partial charge on any atom is -0.452 e. The van der Waals surface area contributed by atoms with Crippen LogP contribution in [0.25, 0.3) is 10.9 Å². The highest BCUT2D eigenvalue weighted by Crippen LogP contribution is 2.17. The van der Waals surface area contributed by atoms with Gasteiger partial charge in [0.2, 0.25) is 0 Å². The Kier molecular flexibility index (Phi) is 7.99. The second-order valence-electron chi connectivity index (χ2n) is 7.87. The molecule has 0 bridgehead atoms. The number of unbranched alkanes of at least 4 members (excludes halogenated alkanes) is 3. The average Bonchev–Trinajstić information content (AvgIpc) is 2.73. The van der Waals surface area contributed by atoms with Crippen LogP contribution in [0.2, 0.25) is 0 Å². The molecule has 0 fully saturated rings. The van der Waals surface area contributed by atoms with Crippen LogP contribution in [0.4, 0.5) is 0 Å². The molecule has 0 saturated carbocycles. The van der Waals surface area contributed by atoms with Gasteiger partial charge in [-0.3, -0.25) is 14.2 Å². The number of carbonyl (C=O) groups is 2. The van der Waals surface area contributed by atoms with E-state index in [4.69, 9.17) is 4.74 Å². The molecule has 0 aliphatic carbocycles. The highest BCUT2D eigenvalue weighted by Gasteiger charge is 2.16. The largest absolute Gasteiger partial charge is 0.452 e. The fourth-order valence-electron chi connectivity index (χ4n) is 3.77. The quantitative estimate of drug-likeness (QED) is 0.529.